The van der Waals surface area contributed by atoms with Crippen molar-refractivity contribution in [1.29, 1.82) is 0 Å². The first-order valence-corrected chi connectivity index (χ1v) is 15.7. The highest BCUT2D eigenvalue weighted by atomic mass is 32.1. The Morgan fingerprint density at radius 2 is 1.77 bits per heavy atom. The van der Waals surface area contributed by atoms with E-state index in [0.29, 0.717) is 18.1 Å². The predicted molar refractivity (Wildman–Crippen MR) is 173 cm³/mol. The Kier molecular flexibility index (Phi) is 8.89. The van der Waals surface area contributed by atoms with Crippen molar-refractivity contribution < 1.29 is 19.4 Å². The highest BCUT2D eigenvalue weighted by Crippen LogP contribution is 2.40. The SMILES string of the molecule is Cc1cc(OCc2nc(-c3ccc(N4CCCCC4)cc3)c(C3C=CC(c4ccccc4)=CC3)s2)ccc1OCC(=O)O. The summed E-state index contributed by atoms with van der Waals surface area (Å²) in [6.45, 7) is 4.10. The molecule has 7 heteroatoms. The van der Waals surface area contributed by atoms with Crippen LogP contribution in [0, 0.1) is 6.92 Å². The fourth-order valence-corrected chi connectivity index (χ4v) is 6.79. The van der Waals surface area contributed by atoms with Gasteiger partial charge in [-0.1, -0.05) is 60.7 Å². The largest absolute Gasteiger partial charge is 0.486 e. The summed E-state index contributed by atoms with van der Waals surface area (Å²) >= 11 is 1.71. The second-order valence-corrected chi connectivity index (χ2v) is 12.2. The molecule has 1 fully saturated rings. The monoisotopic (exact) mass is 592 g/mol. The number of carboxylic acids is 1. The van der Waals surface area contributed by atoms with Crippen molar-refractivity contribution in [3.63, 3.8) is 0 Å². The van der Waals surface area contributed by atoms with E-state index in [2.05, 4.69) is 71.7 Å². The second-order valence-electron chi connectivity index (χ2n) is 11.0. The van der Waals surface area contributed by atoms with Crippen LogP contribution in [0.3, 0.4) is 0 Å². The highest BCUT2D eigenvalue weighted by Gasteiger charge is 2.22. The predicted octanol–water partition coefficient (Wildman–Crippen LogP) is 8.28. The van der Waals surface area contributed by atoms with E-state index in [0.717, 1.165) is 41.3 Å². The molecular weight excluding hydrogens is 556 g/mol. The Morgan fingerprint density at radius 1 is 0.977 bits per heavy atom. The van der Waals surface area contributed by atoms with Gasteiger partial charge in [-0.25, -0.2) is 9.78 Å². The quantitative estimate of drug-likeness (QED) is 0.200. The molecule has 1 aromatic heterocycles. The minimum Gasteiger partial charge on any atom is -0.486 e. The number of aryl methyl sites for hydroxylation is 1. The van der Waals surface area contributed by atoms with Crippen LogP contribution in [0.15, 0.2) is 91.0 Å². The summed E-state index contributed by atoms with van der Waals surface area (Å²) in [4.78, 5) is 19.7. The maximum Gasteiger partial charge on any atom is 0.341 e. The number of nitrogens with zero attached hydrogens (tertiary/aromatic N) is 2. The summed E-state index contributed by atoms with van der Waals surface area (Å²) in [7, 11) is 0. The minimum atomic E-state index is -1.00. The second kappa shape index (κ2) is 13.3. The van der Waals surface area contributed by atoms with Crippen LogP contribution in [0.25, 0.3) is 16.8 Å². The van der Waals surface area contributed by atoms with Crippen LogP contribution in [-0.2, 0) is 11.4 Å². The molecule has 1 saturated heterocycles. The molecule has 6 nitrogen and oxygen atoms in total. The third-order valence-corrected chi connectivity index (χ3v) is 9.12. The standard InChI is InChI=1S/C36H36N2O4S/c1-25-22-31(18-19-32(25)42-24-34(39)40)41-23-33-37-35(28-14-16-30(17-15-28)38-20-6-3-7-21-38)36(43-33)29-12-10-27(11-13-29)26-8-4-2-5-9-26/h2,4-5,8-12,14-19,22,29H,3,6-7,13,20-21,23-24H2,1H3,(H,39,40). The van der Waals surface area contributed by atoms with Gasteiger partial charge in [-0.15, -0.1) is 11.3 Å². The number of aromatic nitrogens is 1. The Balaban J connectivity index is 1.23. The van der Waals surface area contributed by atoms with Gasteiger partial charge in [0.1, 0.15) is 23.1 Å². The van der Waals surface area contributed by atoms with E-state index < -0.39 is 5.97 Å². The summed E-state index contributed by atoms with van der Waals surface area (Å²) in [6, 6.07) is 24.8. The van der Waals surface area contributed by atoms with E-state index in [9.17, 15) is 4.79 Å². The van der Waals surface area contributed by atoms with Crippen LogP contribution < -0.4 is 14.4 Å². The van der Waals surface area contributed by atoms with Crippen LogP contribution in [0.1, 0.15) is 52.6 Å². The van der Waals surface area contributed by atoms with E-state index in [4.69, 9.17) is 19.6 Å². The maximum absolute atomic E-state index is 10.9. The number of carbonyl (C=O) groups is 1. The lowest BCUT2D eigenvalue weighted by atomic mass is 9.90. The Bertz CT molecular complexity index is 1620. The minimum absolute atomic E-state index is 0.239. The van der Waals surface area contributed by atoms with Gasteiger partial charge >= 0.3 is 5.97 Å². The number of rotatable bonds is 10. The number of anilines is 1. The molecule has 1 atom stereocenters. The van der Waals surface area contributed by atoms with Crippen molar-refractivity contribution in [2.24, 2.45) is 0 Å². The Morgan fingerprint density at radius 3 is 2.47 bits per heavy atom. The van der Waals surface area contributed by atoms with Crippen molar-refractivity contribution in [2.45, 2.75) is 45.1 Å². The zero-order valence-electron chi connectivity index (χ0n) is 24.4. The molecule has 0 radical (unpaired) electrons. The van der Waals surface area contributed by atoms with Crippen molar-refractivity contribution >= 4 is 28.6 Å². The average molecular weight is 593 g/mol. The van der Waals surface area contributed by atoms with Crippen molar-refractivity contribution in [1.82, 2.24) is 4.98 Å². The van der Waals surface area contributed by atoms with Crippen LogP contribution in [0.5, 0.6) is 11.5 Å². The topological polar surface area (TPSA) is 71.9 Å². The third-order valence-electron chi connectivity index (χ3n) is 7.96. The lowest BCUT2D eigenvalue weighted by molar-refractivity contribution is -0.139. The van der Waals surface area contributed by atoms with E-state index in [1.165, 1.54) is 41.0 Å². The van der Waals surface area contributed by atoms with Gasteiger partial charge in [-0.2, -0.15) is 0 Å². The number of carboxylic acid groups (broad SMARTS) is 1. The zero-order chi connectivity index (χ0) is 29.6. The van der Waals surface area contributed by atoms with Crippen molar-refractivity contribution in [2.75, 3.05) is 24.6 Å². The van der Waals surface area contributed by atoms with Gasteiger partial charge in [0.05, 0.1) is 5.69 Å². The van der Waals surface area contributed by atoms with Gasteiger partial charge in [-0.3, -0.25) is 0 Å². The fraction of sp³-hybridized carbons (Fsp3) is 0.278. The molecule has 3 aromatic carbocycles. The number of hydrogen-bond donors (Lipinski definition) is 1. The number of hydrogen-bond acceptors (Lipinski definition) is 6. The lowest BCUT2D eigenvalue weighted by Crippen LogP contribution is -2.29. The number of ether oxygens (including phenoxy) is 2. The summed E-state index contributed by atoms with van der Waals surface area (Å²) in [5.74, 6) is 0.463. The van der Waals surface area contributed by atoms with Gasteiger partial charge in [0.2, 0.25) is 0 Å². The molecule has 1 N–H and O–H groups in total. The third kappa shape index (κ3) is 7.00. The molecule has 6 rings (SSSR count). The molecule has 0 bridgehead atoms. The van der Waals surface area contributed by atoms with Crippen molar-refractivity contribution in [3.8, 4) is 22.8 Å². The van der Waals surface area contributed by atoms with Gasteiger partial charge < -0.3 is 19.5 Å². The number of benzene rings is 3. The van der Waals surface area contributed by atoms with E-state index in [1.807, 2.05) is 19.1 Å². The molecule has 2 aliphatic rings. The van der Waals surface area contributed by atoms with Gasteiger partial charge in [-0.05, 0) is 79.6 Å². The van der Waals surface area contributed by atoms with E-state index in [-0.39, 0.29) is 12.5 Å². The molecule has 2 heterocycles. The van der Waals surface area contributed by atoms with Crippen LogP contribution in [-0.4, -0.2) is 35.8 Å². The van der Waals surface area contributed by atoms with Gasteiger partial charge in [0, 0.05) is 35.1 Å². The smallest absolute Gasteiger partial charge is 0.341 e. The lowest BCUT2D eigenvalue weighted by Gasteiger charge is -2.28. The first kappa shape index (κ1) is 28.7. The normalized spacial score (nSPS) is 16.5. The first-order valence-electron chi connectivity index (χ1n) is 14.9. The summed E-state index contributed by atoms with van der Waals surface area (Å²) in [6.07, 6.45) is 11.6. The molecule has 1 aliphatic carbocycles. The van der Waals surface area contributed by atoms with Crippen molar-refractivity contribution in [3.05, 3.63) is 112 Å². The molecule has 0 amide bonds. The molecule has 220 valence electrons. The van der Waals surface area contributed by atoms with E-state index in [1.54, 1.807) is 23.5 Å². The molecule has 1 unspecified atom stereocenters. The molecule has 43 heavy (non-hydrogen) atoms. The first-order chi connectivity index (χ1) is 21.0. The molecule has 0 saturated carbocycles. The fourth-order valence-electron chi connectivity index (χ4n) is 5.70. The van der Waals surface area contributed by atoms with Gasteiger partial charge in [0.15, 0.2) is 6.61 Å². The maximum atomic E-state index is 10.9. The number of piperidine rings is 1. The Labute approximate surface area is 256 Å². The molecule has 1 aliphatic heterocycles. The number of allylic oxidation sites excluding steroid dienone is 4. The Hall–Kier alpha value is -4.36. The highest BCUT2D eigenvalue weighted by molar-refractivity contribution is 7.12. The number of thiazole rings is 1. The van der Waals surface area contributed by atoms with Gasteiger partial charge in [0.25, 0.3) is 0 Å². The molecule has 0 spiro atoms. The van der Waals surface area contributed by atoms with Crippen LogP contribution >= 0.6 is 11.3 Å². The van der Waals surface area contributed by atoms with Crippen LogP contribution in [0.4, 0.5) is 5.69 Å². The van der Waals surface area contributed by atoms with Crippen LogP contribution in [0.2, 0.25) is 0 Å². The van der Waals surface area contributed by atoms with E-state index >= 15 is 0 Å². The molecule has 4 aromatic rings. The average Bonchev–Trinajstić information content (AvgIpc) is 3.48. The summed E-state index contributed by atoms with van der Waals surface area (Å²) in [5.41, 5.74) is 6.74. The summed E-state index contributed by atoms with van der Waals surface area (Å²) < 4.78 is 11.5. The number of aliphatic carboxylic acids is 1. The molecular formula is C36H36N2O4S. The summed E-state index contributed by atoms with van der Waals surface area (Å²) in [5, 5.41) is 9.82. The zero-order valence-corrected chi connectivity index (χ0v) is 25.2.